The zero-order valence-corrected chi connectivity index (χ0v) is 13.6. The van der Waals surface area contributed by atoms with E-state index >= 15 is 0 Å². The van der Waals surface area contributed by atoms with Gasteiger partial charge in [-0.2, -0.15) is 0 Å². The van der Waals surface area contributed by atoms with Crippen molar-refractivity contribution in [2.45, 2.75) is 31.6 Å². The van der Waals surface area contributed by atoms with Gasteiger partial charge in [0, 0.05) is 12.1 Å². The van der Waals surface area contributed by atoms with E-state index in [0.717, 1.165) is 25.8 Å². The van der Waals surface area contributed by atoms with Crippen LogP contribution >= 0.6 is 0 Å². The number of nitrogens with zero attached hydrogens (tertiary/aromatic N) is 1. The maximum atomic E-state index is 13.0. The van der Waals surface area contributed by atoms with Gasteiger partial charge in [0.25, 0.3) is 5.91 Å². The highest BCUT2D eigenvalue weighted by atomic mass is 16.7. The molecule has 0 radical (unpaired) electrons. The Kier molecular flexibility index (Phi) is 5.03. The third-order valence-corrected chi connectivity index (χ3v) is 4.40. The van der Waals surface area contributed by atoms with Gasteiger partial charge in [-0.15, -0.1) is 0 Å². The lowest BCUT2D eigenvalue weighted by atomic mass is 10.00. The van der Waals surface area contributed by atoms with Gasteiger partial charge in [0.1, 0.15) is 0 Å². The van der Waals surface area contributed by atoms with E-state index in [-0.39, 0.29) is 18.2 Å². The molecular weight excluding hydrogens is 298 g/mol. The van der Waals surface area contributed by atoms with Gasteiger partial charge in [-0.3, -0.25) is 4.79 Å². The van der Waals surface area contributed by atoms with E-state index in [1.165, 1.54) is 0 Å². The predicted molar refractivity (Wildman–Crippen MR) is 83.9 cm³/mol. The van der Waals surface area contributed by atoms with Crippen LogP contribution in [0.1, 0.15) is 29.6 Å². The third-order valence-electron chi connectivity index (χ3n) is 4.40. The van der Waals surface area contributed by atoms with Gasteiger partial charge in [-0.05, 0) is 37.5 Å². The molecule has 0 N–H and O–H groups in total. The predicted octanol–water partition coefficient (Wildman–Crippen LogP) is 2.07. The molecule has 1 amide bonds. The Morgan fingerprint density at radius 2 is 1.87 bits per heavy atom. The number of ether oxygens (including phenoxy) is 4. The number of piperidine rings is 1. The minimum atomic E-state index is -0.306. The number of carbonyl (C=O) groups is 1. The van der Waals surface area contributed by atoms with Gasteiger partial charge in [0.2, 0.25) is 0 Å². The molecule has 6 nitrogen and oxygen atoms in total. The third kappa shape index (κ3) is 3.28. The summed E-state index contributed by atoms with van der Waals surface area (Å²) < 4.78 is 21.8. The SMILES string of the molecule is COc1ccc(C(=O)N2CCCCC2C2OCCO2)cc1OC. The highest BCUT2D eigenvalue weighted by Gasteiger charge is 2.36. The van der Waals surface area contributed by atoms with Crippen molar-refractivity contribution in [3.8, 4) is 11.5 Å². The second-order valence-electron chi connectivity index (χ2n) is 5.74. The fraction of sp³-hybridized carbons (Fsp3) is 0.588. The molecule has 2 fully saturated rings. The van der Waals surface area contributed by atoms with Crippen molar-refractivity contribution in [1.29, 1.82) is 0 Å². The quantitative estimate of drug-likeness (QED) is 0.850. The summed E-state index contributed by atoms with van der Waals surface area (Å²) in [5, 5.41) is 0. The van der Waals surface area contributed by atoms with Crippen LogP contribution in [0.25, 0.3) is 0 Å². The lowest BCUT2D eigenvalue weighted by molar-refractivity contribution is -0.100. The average Bonchev–Trinajstić information content (AvgIpc) is 3.15. The Hall–Kier alpha value is -1.79. The second-order valence-corrected chi connectivity index (χ2v) is 5.74. The van der Waals surface area contributed by atoms with Crippen LogP contribution in [0.2, 0.25) is 0 Å². The van der Waals surface area contributed by atoms with Crippen molar-refractivity contribution >= 4 is 5.91 Å². The Bertz CT molecular complexity index is 556. The molecule has 1 atom stereocenters. The van der Waals surface area contributed by atoms with E-state index in [0.29, 0.717) is 30.3 Å². The number of amides is 1. The number of benzene rings is 1. The van der Waals surface area contributed by atoms with Gasteiger partial charge >= 0.3 is 0 Å². The lowest BCUT2D eigenvalue weighted by Gasteiger charge is -2.38. The molecule has 3 rings (SSSR count). The van der Waals surface area contributed by atoms with Crippen LogP contribution in [0.5, 0.6) is 11.5 Å². The topological polar surface area (TPSA) is 57.2 Å². The molecule has 126 valence electrons. The van der Waals surface area contributed by atoms with Crippen LogP contribution < -0.4 is 9.47 Å². The first-order chi connectivity index (χ1) is 11.2. The zero-order valence-electron chi connectivity index (χ0n) is 13.6. The molecule has 0 saturated carbocycles. The standard InChI is InChI=1S/C17H23NO5/c1-20-14-7-6-12(11-15(14)21-2)16(19)18-8-4-3-5-13(18)17-22-9-10-23-17/h6-7,11,13,17H,3-5,8-10H2,1-2H3. The lowest BCUT2D eigenvalue weighted by Crippen LogP contribution is -2.50. The second kappa shape index (κ2) is 7.19. The summed E-state index contributed by atoms with van der Waals surface area (Å²) in [6, 6.07) is 5.23. The van der Waals surface area contributed by atoms with E-state index < -0.39 is 0 Å². The maximum Gasteiger partial charge on any atom is 0.254 e. The normalized spacial score (nSPS) is 22.2. The van der Waals surface area contributed by atoms with Crippen molar-refractivity contribution in [3.05, 3.63) is 23.8 Å². The average molecular weight is 321 g/mol. The zero-order chi connectivity index (χ0) is 16.2. The Morgan fingerprint density at radius 3 is 2.57 bits per heavy atom. The fourth-order valence-electron chi connectivity index (χ4n) is 3.23. The maximum absolute atomic E-state index is 13.0. The van der Waals surface area contributed by atoms with Crippen LogP contribution in [-0.4, -0.2) is 57.1 Å². The molecule has 23 heavy (non-hydrogen) atoms. The molecule has 0 aromatic heterocycles. The van der Waals surface area contributed by atoms with Crippen molar-refractivity contribution < 1.29 is 23.7 Å². The molecule has 1 aromatic rings. The van der Waals surface area contributed by atoms with Crippen molar-refractivity contribution in [2.24, 2.45) is 0 Å². The summed E-state index contributed by atoms with van der Waals surface area (Å²) in [5.41, 5.74) is 0.590. The van der Waals surface area contributed by atoms with E-state index in [1.807, 2.05) is 4.90 Å². The first-order valence-electron chi connectivity index (χ1n) is 8.01. The minimum Gasteiger partial charge on any atom is -0.493 e. The van der Waals surface area contributed by atoms with Crippen LogP contribution in [0.3, 0.4) is 0 Å². The Labute approximate surface area is 136 Å². The summed E-state index contributed by atoms with van der Waals surface area (Å²) in [5.74, 6) is 1.15. The number of hydrogen-bond acceptors (Lipinski definition) is 5. The number of carbonyl (C=O) groups excluding carboxylic acids is 1. The monoisotopic (exact) mass is 321 g/mol. The van der Waals surface area contributed by atoms with Crippen molar-refractivity contribution in [1.82, 2.24) is 4.90 Å². The van der Waals surface area contributed by atoms with E-state index in [1.54, 1.807) is 32.4 Å². The first-order valence-corrected chi connectivity index (χ1v) is 8.01. The molecule has 2 heterocycles. The highest BCUT2D eigenvalue weighted by molar-refractivity contribution is 5.95. The number of rotatable bonds is 4. The smallest absolute Gasteiger partial charge is 0.254 e. The van der Waals surface area contributed by atoms with Crippen LogP contribution in [0, 0.1) is 0 Å². The summed E-state index contributed by atoms with van der Waals surface area (Å²) in [4.78, 5) is 14.8. The van der Waals surface area contributed by atoms with E-state index in [9.17, 15) is 4.79 Å². The highest BCUT2D eigenvalue weighted by Crippen LogP contribution is 2.30. The van der Waals surface area contributed by atoms with Crippen LogP contribution in [-0.2, 0) is 9.47 Å². The first kappa shape index (κ1) is 16.1. The van der Waals surface area contributed by atoms with E-state index in [4.69, 9.17) is 18.9 Å². The molecule has 2 aliphatic heterocycles. The molecule has 2 saturated heterocycles. The summed E-state index contributed by atoms with van der Waals surface area (Å²) in [7, 11) is 3.14. The van der Waals surface area contributed by atoms with E-state index in [2.05, 4.69) is 0 Å². The Balaban J connectivity index is 1.82. The van der Waals surface area contributed by atoms with Crippen molar-refractivity contribution in [3.63, 3.8) is 0 Å². The minimum absolute atomic E-state index is 0.0187. The van der Waals surface area contributed by atoms with Crippen LogP contribution in [0.15, 0.2) is 18.2 Å². The van der Waals surface area contributed by atoms with Gasteiger partial charge in [0.15, 0.2) is 17.8 Å². The van der Waals surface area contributed by atoms with Gasteiger partial charge in [-0.25, -0.2) is 0 Å². The van der Waals surface area contributed by atoms with Crippen LogP contribution in [0.4, 0.5) is 0 Å². The van der Waals surface area contributed by atoms with Gasteiger partial charge in [0.05, 0.1) is 33.5 Å². The number of likely N-dealkylation sites (tertiary alicyclic amines) is 1. The Morgan fingerprint density at radius 1 is 1.13 bits per heavy atom. The molecule has 0 bridgehead atoms. The fourth-order valence-corrected chi connectivity index (χ4v) is 3.23. The molecule has 2 aliphatic rings. The molecular formula is C17H23NO5. The summed E-state index contributed by atoms with van der Waals surface area (Å²) in [6.07, 6.45) is 2.69. The van der Waals surface area contributed by atoms with Crippen molar-refractivity contribution in [2.75, 3.05) is 34.0 Å². The molecule has 1 aromatic carbocycles. The summed E-state index contributed by atoms with van der Waals surface area (Å²) in [6.45, 7) is 1.92. The molecule has 6 heteroatoms. The van der Waals surface area contributed by atoms with Gasteiger partial charge in [-0.1, -0.05) is 0 Å². The molecule has 1 unspecified atom stereocenters. The largest absolute Gasteiger partial charge is 0.493 e. The number of hydrogen-bond donors (Lipinski definition) is 0. The summed E-state index contributed by atoms with van der Waals surface area (Å²) >= 11 is 0. The molecule has 0 aliphatic carbocycles. The number of methoxy groups -OCH3 is 2. The molecule has 0 spiro atoms. The van der Waals surface area contributed by atoms with Gasteiger partial charge < -0.3 is 23.8 Å².